The van der Waals surface area contributed by atoms with Crippen LogP contribution in [0.15, 0.2) is 41.2 Å². The van der Waals surface area contributed by atoms with Gasteiger partial charge in [0.05, 0.1) is 16.2 Å². The Morgan fingerprint density at radius 2 is 1.91 bits per heavy atom. The van der Waals surface area contributed by atoms with Crippen LogP contribution in [0, 0.1) is 11.8 Å². The quantitative estimate of drug-likeness (QED) is 0.584. The number of halogens is 1. The third kappa shape index (κ3) is 5.14. The Balaban J connectivity index is 1.64. The van der Waals surface area contributed by atoms with Gasteiger partial charge < -0.3 is 19.3 Å². The van der Waals surface area contributed by atoms with E-state index >= 15 is 0 Å². The van der Waals surface area contributed by atoms with Crippen LogP contribution < -0.4 is 15.2 Å². The number of carboxylic acids is 1. The van der Waals surface area contributed by atoms with Gasteiger partial charge in [0.1, 0.15) is 5.82 Å². The van der Waals surface area contributed by atoms with Crippen molar-refractivity contribution in [1.29, 1.82) is 0 Å². The number of carbonyl (C=O) groups is 1. The summed E-state index contributed by atoms with van der Waals surface area (Å²) in [5, 5.41) is 10.3. The van der Waals surface area contributed by atoms with Crippen molar-refractivity contribution in [2.45, 2.75) is 26.7 Å². The molecule has 4 rings (SSSR count). The first-order valence-electron chi connectivity index (χ1n) is 11.1. The summed E-state index contributed by atoms with van der Waals surface area (Å²) < 4.78 is 6.65. The van der Waals surface area contributed by atoms with Crippen LogP contribution in [0.1, 0.15) is 31.5 Å². The number of fused-ring (bicyclic) bond motifs is 1. The zero-order valence-corrected chi connectivity index (χ0v) is 19.8. The standard InChI is InChI=1S/C25H28ClN3O4/c1-15-8-16(2)13-29(12-15)23-7-5-19(26)20(27-23)10-17-4-6-21-18(9-17)11-22(25(32)28(21)3)33-14-24(30)31/h4-7,9,11,15-16H,8,10,12-14H2,1-3H3,(H,30,31)/t15-,16+. The highest BCUT2D eigenvalue weighted by Crippen LogP contribution is 2.28. The third-order valence-corrected chi connectivity index (χ3v) is 6.42. The minimum atomic E-state index is -1.14. The van der Waals surface area contributed by atoms with Crippen molar-refractivity contribution in [3.8, 4) is 5.75 Å². The second-order valence-electron chi connectivity index (χ2n) is 9.07. The number of carboxylic acid groups (broad SMARTS) is 1. The van der Waals surface area contributed by atoms with E-state index in [1.807, 2.05) is 30.3 Å². The number of aryl methyl sites for hydroxylation is 1. The number of pyridine rings is 2. The van der Waals surface area contributed by atoms with Gasteiger partial charge >= 0.3 is 5.97 Å². The predicted molar refractivity (Wildman–Crippen MR) is 130 cm³/mol. The Bertz CT molecular complexity index is 1250. The molecular formula is C25H28ClN3O4. The lowest BCUT2D eigenvalue weighted by molar-refractivity contribution is -0.139. The molecule has 1 aliphatic heterocycles. The van der Waals surface area contributed by atoms with E-state index in [1.54, 1.807) is 13.1 Å². The largest absolute Gasteiger partial charge is 0.479 e. The number of ether oxygens (including phenoxy) is 1. The second-order valence-corrected chi connectivity index (χ2v) is 9.48. The molecule has 0 unspecified atom stereocenters. The van der Waals surface area contributed by atoms with E-state index in [2.05, 4.69) is 18.7 Å². The molecule has 0 amide bonds. The van der Waals surface area contributed by atoms with E-state index in [9.17, 15) is 9.59 Å². The number of piperidine rings is 1. The first kappa shape index (κ1) is 23.1. The first-order chi connectivity index (χ1) is 15.7. The maximum atomic E-state index is 12.5. The van der Waals surface area contributed by atoms with Gasteiger partial charge in [0, 0.05) is 31.9 Å². The van der Waals surface area contributed by atoms with Crippen LogP contribution in [0.3, 0.4) is 0 Å². The van der Waals surface area contributed by atoms with Gasteiger partial charge in [0.25, 0.3) is 5.56 Å². The van der Waals surface area contributed by atoms with Gasteiger partial charge in [-0.1, -0.05) is 31.5 Å². The third-order valence-electron chi connectivity index (χ3n) is 6.07. The Hall–Kier alpha value is -3.06. The molecule has 1 fully saturated rings. The number of hydrogen-bond donors (Lipinski definition) is 1. The normalized spacial score (nSPS) is 18.5. The number of aromatic nitrogens is 2. The Kier molecular flexibility index (Phi) is 6.61. The Labute approximate surface area is 197 Å². The van der Waals surface area contributed by atoms with Crippen LogP contribution in [0.5, 0.6) is 5.75 Å². The number of rotatable bonds is 6. The van der Waals surface area contributed by atoms with Crippen LogP contribution in [-0.4, -0.2) is 40.3 Å². The summed E-state index contributed by atoms with van der Waals surface area (Å²) in [6.45, 7) is 5.95. The van der Waals surface area contributed by atoms with Crippen molar-refractivity contribution >= 4 is 34.3 Å². The number of nitrogens with zero attached hydrogens (tertiary/aromatic N) is 3. The Morgan fingerprint density at radius 3 is 2.61 bits per heavy atom. The second kappa shape index (κ2) is 9.43. The molecule has 7 nitrogen and oxygen atoms in total. The first-order valence-corrected chi connectivity index (χ1v) is 11.5. The molecule has 8 heteroatoms. The van der Waals surface area contributed by atoms with Crippen LogP contribution in [0.25, 0.3) is 10.9 Å². The Morgan fingerprint density at radius 1 is 1.18 bits per heavy atom. The van der Waals surface area contributed by atoms with Crippen molar-refractivity contribution in [1.82, 2.24) is 9.55 Å². The molecule has 0 bridgehead atoms. The zero-order chi connectivity index (χ0) is 23.7. The van der Waals surface area contributed by atoms with Gasteiger partial charge in [0.15, 0.2) is 12.4 Å². The summed E-state index contributed by atoms with van der Waals surface area (Å²) in [6, 6.07) is 11.3. The molecule has 2 aromatic heterocycles. The molecule has 1 aromatic carbocycles. The maximum Gasteiger partial charge on any atom is 0.341 e. The summed E-state index contributed by atoms with van der Waals surface area (Å²) in [5.74, 6) is 1.07. The molecule has 3 aromatic rings. The van der Waals surface area contributed by atoms with Crippen LogP contribution in [0.4, 0.5) is 5.82 Å². The number of benzene rings is 1. The summed E-state index contributed by atoms with van der Waals surface area (Å²) in [7, 11) is 1.64. The smallest absolute Gasteiger partial charge is 0.341 e. The van der Waals surface area contributed by atoms with E-state index in [1.165, 1.54) is 11.0 Å². The molecule has 0 saturated carbocycles. The molecule has 0 radical (unpaired) electrons. The van der Waals surface area contributed by atoms with Gasteiger partial charge in [-0.15, -0.1) is 0 Å². The SMILES string of the molecule is C[C@@H]1C[C@H](C)CN(c2ccc(Cl)c(Cc3ccc4c(c3)cc(OCC(=O)O)c(=O)n4C)n2)C1. The highest BCUT2D eigenvalue weighted by molar-refractivity contribution is 6.31. The van der Waals surface area contributed by atoms with Crippen molar-refractivity contribution in [2.75, 3.05) is 24.6 Å². The lowest BCUT2D eigenvalue weighted by atomic mass is 9.92. The van der Waals surface area contributed by atoms with Gasteiger partial charge in [0.2, 0.25) is 0 Å². The van der Waals surface area contributed by atoms with E-state index in [0.29, 0.717) is 23.3 Å². The van der Waals surface area contributed by atoms with Gasteiger partial charge in [-0.2, -0.15) is 0 Å². The topological polar surface area (TPSA) is 84.7 Å². The summed E-state index contributed by atoms with van der Waals surface area (Å²) >= 11 is 6.50. The number of aliphatic carboxylic acids is 1. The molecule has 1 saturated heterocycles. The van der Waals surface area contributed by atoms with E-state index in [4.69, 9.17) is 26.4 Å². The highest BCUT2D eigenvalue weighted by atomic mass is 35.5. The highest BCUT2D eigenvalue weighted by Gasteiger charge is 2.23. The summed E-state index contributed by atoms with van der Waals surface area (Å²) in [4.78, 5) is 30.5. The van der Waals surface area contributed by atoms with Crippen molar-refractivity contribution in [3.05, 3.63) is 63.0 Å². The zero-order valence-electron chi connectivity index (χ0n) is 19.0. The lowest BCUT2D eigenvalue weighted by Gasteiger charge is -2.36. The summed E-state index contributed by atoms with van der Waals surface area (Å²) in [5.41, 5.74) is 2.14. The van der Waals surface area contributed by atoms with E-state index in [-0.39, 0.29) is 11.3 Å². The molecular weight excluding hydrogens is 442 g/mol. The maximum absolute atomic E-state index is 12.5. The monoisotopic (exact) mass is 469 g/mol. The van der Waals surface area contributed by atoms with Crippen molar-refractivity contribution in [2.24, 2.45) is 18.9 Å². The molecule has 33 heavy (non-hydrogen) atoms. The van der Waals surface area contributed by atoms with E-state index in [0.717, 1.165) is 41.1 Å². The van der Waals surface area contributed by atoms with Crippen molar-refractivity contribution in [3.63, 3.8) is 0 Å². The molecule has 0 spiro atoms. The van der Waals surface area contributed by atoms with Gasteiger partial charge in [-0.3, -0.25) is 4.79 Å². The predicted octanol–water partition coefficient (Wildman–Crippen LogP) is 4.12. The minimum Gasteiger partial charge on any atom is -0.479 e. The molecule has 174 valence electrons. The number of hydrogen-bond acceptors (Lipinski definition) is 5. The minimum absolute atomic E-state index is 0.0102. The van der Waals surface area contributed by atoms with Crippen LogP contribution >= 0.6 is 11.6 Å². The average Bonchev–Trinajstić information content (AvgIpc) is 2.76. The van der Waals surface area contributed by atoms with Gasteiger partial charge in [-0.25, -0.2) is 9.78 Å². The van der Waals surface area contributed by atoms with Crippen LogP contribution in [0.2, 0.25) is 5.02 Å². The molecule has 0 aliphatic carbocycles. The molecule has 2 atom stereocenters. The van der Waals surface area contributed by atoms with Gasteiger partial charge in [-0.05, 0) is 54.2 Å². The fourth-order valence-electron chi connectivity index (χ4n) is 4.67. The summed E-state index contributed by atoms with van der Waals surface area (Å²) in [6.07, 6.45) is 1.77. The van der Waals surface area contributed by atoms with Crippen molar-refractivity contribution < 1.29 is 14.6 Å². The molecule has 1 aliphatic rings. The number of anilines is 1. The fraction of sp³-hybridized carbons (Fsp3) is 0.400. The lowest BCUT2D eigenvalue weighted by Crippen LogP contribution is -2.39. The van der Waals surface area contributed by atoms with E-state index < -0.39 is 12.6 Å². The van der Waals surface area contributed by atoms with Crippen LogP contribution in [-0.2, 0) is 18.3 Å². The fourth-order valence-corrected chi connectivity index (χ4v) is 4.84. The molecule has 1 N–H and O–H groups in total. The average molecular weight is 470 g/mol. The molecule has 3 heterocycles.